The van der Waals surface area contributed by atoms with E-state index in [0.29, 0.717) is 0 Å². The first-order valence-corrected chi connectivity index (χ1v) is 7.43. The van der Waals surface area contributed by atoms with Gasteiger partial charge in [0.15, 0.2) is 0 Å². The van der Waals surface area contributed by atoms with Crippen molar-refractivity contribution in [2.24, 2.45) is 0 Å². The Morgan fingerprint density at radius 2 is 2.00 bits per heavy atom. The van der Waals surface area contributed by atoms with Crippen LogP contribution in [0.5, 0.6) is 11.5 Å². The van der Waals surface area contributed by atoms with Crippen molar-refractivity contribution in [3.8, 4) is 11.5 Å². The van der Waals surface area contributed by atoms with Gasteiger partial charge in [0, 0.05) is 4.88 Å². The van der Waals surface area contributed by atoms with Crippen molar-refractivity contribution >= 4 is 17.2 Å². The number of phenols is 2. The van der Waals surface area contributed by atoms with Crippen LogP contribution in [-0.4, -0.2) is 16.1 Å². The number of aryl methyl sites for hydroxylation is 1. The lowest BCUT2D eigenvalue weighted by Gasteiger charge is -2.24. The molecule has 3 N–H and O–H groups in total. The molecule has 4 nitrogen and oxygen atoms in total. The standard InChI is InChI=1S/C15H15NO3S/c17-11-4-2-5-12(18)14(11)15(19)16-10-3-1-6-13-9(10)7-8-20-13/h2,4-5,7-8,10,17-18H,1,3,6H2,(H,16,19). The Bertz CT molecular complexity index is 630. The molecule has 2 aromatic rings. The molecule has 0 spiro atoms. The number of carbonyl (C=O) groups excluding carboxylic acids is 1. The lowest BCUT2D eigenvalue weighted by atomic mass is 9.93. The Labute approximate surface area is 120 Å². The molecule has 0 fully saturated rings. The van der Waals surface area contributed by atoms with Gasteiger partial charge in [-0.3, -0.25) is 4.79 Å². The number of carbonyl (C=O) groups is 1. The first kappa shape index (κ1) is 13.0. The van der Waals surface area contributed by atoms with Gasteiger partial charge in [-0.25, -0.2) is 0 Å². The summed E-state index contributed by atoms with van der Waals surface area (Å²) < 4.78 is 0. The van der Waals surface area contributed by atoms with E-state index >= 15 is 0 Å². The number of thiophene rings is 1. The zero-order valence-corrected chi connectivity index (χ0v) is 11.6. The third-order valence-corrected chi connectivity index (χ3v) is 4.60. The maximum atomic E-state index is 12.3. The molecule has 1 unspecified atom stereocenters. The van der Waals surface area contributed by atoms with Gasteiger partial charge in [-0.05, 0) is 48.4 Å². The van der Waals surface area contributed by atoms with Crippen LogP contribution in [0.1, 0.15) is 39.7 Å². The van der Waals surface area contributed by atoms with Crippen molar-refractivity contribution in [3.63, 3.8) is 0 Å². The molecular formula is C15H15NO3S. The molecule has 0 aliphatic heterocycles. The van der Waals surface area contributed by atoms with E-state index in [1.807, 2.05) is 11.4 Å². The van der Waals surface area contributed by atoms with Gasteiger partial charge in [0.05, 0.1) is 6.04 Å². The molecule has 3 rings (SSSR count). The van der Waals surface area contributed by atoms with Crippen LogP contribution >= 0.6 is 11.3 Å². The number of aromatic hydroxyl groups is 2. The zero-order chi connectivity index (χ0) is 14.1. The van der Waals surface area contributed by atoms with E-state index in [1.54, 1.807) is 11.3 Å². The molecule has 0 radical (unpaired) electrons. The largest absolute Gasteiger partial charge is 0.507 e. The fraction of sp³-hybridized carbons (Fsp3) is 0.267. The highest BCUT2D eigenvalue weighted by atomic mass is 32.1. The minimum Gasteiger partial charge on any atom is -0.507 e. The minimum absolute atomic E-state index is 0.0449. The Balaban J connectivity index is 1.85. The lowest BCUT2D eigenvalue weighted by Crippen LogP contribution is -2.30. The lowest BCUT2D eigenvalue weighted by molar-refractivity contribution is 0.0927. The number of amides is 1. The van der Waals surface area contributed by atoms with Gasteiger partial charge in [0.2, 0.25) is 0 Å². The van der Waals surface area contributed by atoms with Gasteiger partial charge < -0.3 is 15.5 Å². The number of hydrogen-bond acceptors (Lipinski definition) is 4. The summed E-state index contributed by atoms with van der Waals surface area (Å²) in [6.45, 7) is 0. The van der Waals surface area contributed by atoms with Crippen LogP contribution in [-0.2, 0) is 6.42 Å². The Morgan fingerprint density at radius 3 is 2.75 bits per heavy atom. The van der Waals surface area contributed by atoms with Crippen molar-refractivity contribution < 1.29 is 15.0 Å². The molecular weight excluding hydrogens is 274 g/mol. The summed E-state index contributed by atoms with van der Waals surface area (Å²) in [5, 5.41) is 24.4. The highest BCUT2D eigenvalue weighted by molar-refractivity contribution is 7.10. The molecule has 1 amide bonds. The monoisotopic (exact) mass is 289 g/mol. The molecule has 1 atom stereocenters. The summed E-state index contributed by atoms with van der Waals surface area (Å²) in [5.74, 6) is -0.850. The van der Waals surface area contributed by atoms with Gasteiger partial charge in [-0.1, -0.05) is 6.07 Å². The molecule has 1 aromatic carbocycles. The topological polar surface area (TPSA) is 69.6 Å². The second-order valence-electron chi connectivity index (χ2n) is 4.89. The van der Waals surface area contributed by atoms with Crippen molar-refractivity contribution in [1.29, 1.82) is 0 Å². The SMILES string of the molecule is O=C(NC1CCCc2sccc21)c1c(O)cccc1O. The summed E-state index contributed by atoms with van der Waals surface area (Å²) in [4.78, 5) is 13.6. The normalized spacial score (nSPS) is 17.5. The van der Waals surface area contributed by atoms with Gasteiger partial charge in [0.25, 0.3) is 5.91 Å². The summed E-state index contributed by atoms with van der Waals surface area (Å²) in [6.07, 6.45) is 2.97. The van der Waals surface area contributed by atoms with E-state index in [4.69, 9.17) is 0 Å². The van der Waals surface area contributed by atoms with Crippen LogP contribution in [0.25, 0.3) is 0 Å². The highest BCUT2D eigenvalue weighted by Crippen LogP contribution is 2.34. The third-order valence-electron chi connectivity index (χ3n) is 3.60. The van der Waals surface area contributed by atoms with Crippen molar-refractivity contribution in [2.45, 2.75) is 25.3 Å². The number of rotatable bonds is 2. The van der Waals surface area contributed by atoms with Crippen molar-refractivity contribution in [3.05, 3.63) is 45.6 Å². The van der Waals surface area contributed by atoms with E-state index in [0.717, 1.165) is 24.8 Å². The van der Waals surface area contributed by atoms with E-state index < -0.39 is 5.91 Å². The van der Waals surface area contributed by atoms with Crippen molar-refractivity contribution in [2.75, 3.05) is 0 Å². The molecule has 0 bridgehead atoms. The number of fused-ring (bicyclic) bond motifs is 1. The van der Waals surface area contributed by atoms with Crippen LogP contribution in [0, 0.1) is 0 Å². The maximum Gasteiger partial charge on any atom is 0.259 e. The fourth-order valence-corrected chi connectivity index (χ4v) is 3.62. The summed E-state index contributed by atoms with van der Waals surface area (Å²) in [7, 11) is 0. The maximum absolute atomic E-state index is 12.3. The van der Waals surface area contributed by atoms with Gasteiger partial charge in [0.1, 0.15) is 17.1 Å². The van der Waals surface area contributed by atoms with Crippen LogP contribution in [0.4, 0.5) is 0 Å². The van der Waals surface area contributed by atoms with E-state index in [1.165, 1.54) is 23.1 Å². The number of phenolic OH excluding ortho intramolecular Hbond substituents is 2. The fourth-order valence-electron chi connectivity index (χ4n) is 2.63. The molecule has 5 heteroatoms. The first-order valence-electron chi connectivity index (χ1n) is 6.55. The molecule has 20 heavy (non-hydrogen) atoms. The van der Waals surface area contributed by atoms with Crippen LogP contribution in [0.15, 0.2) is 29.6 Å². The Hall–Kier alpha value is -2.01. The average Bonchev–Trinajstić information content (AvgIpc) is 2.88. The van der Waals surface area contributed by atoms with E-state index in [2.05, 4.69) is 5.32 Å². The highest BCUT2D eigenvalue weighted by Gasteiger charge is 2.25. The minimum atomic E-state index is -0.440. The summed E-state index contributed by atoms with van der Waals surface area (Å²) in [5.41, 5.74) is 1.10. The number of nitrogens with one attached hydrogen (secondary N) is 1. The van der Waals surface area contributed by atoms with Gasteiger partial charge >= 0.3 is 0 Å². The Morgan fingerprint density at radius 1 is 1.25 bits per heavy atom. The quantitative estimate of drug-likeness (QED) is 0.796. The second kappa shape index (κ2) is 5.17. The molecule has 1 aromatic heterocycles. The molecule has 0 saturated heterocycles. The zero-order valence-electron chi connectivity index (χ0n) is 10.8. The van der Waals surface area contributed by atoms with Crippen LogP contribution in [0.2, 0.25) is 0 Å². The smallest absolute Gasteiger partial charge is 0.259 e. The summed E-state index contributed by atoms with van der Waals surface area (Å²) in [6, 6.07) is 6.28. The molecule has 1 aliphatic carbocycles. The predicted molar refractivity (Wildman–Crippen MR) is 77.2 cm³/mol. The average molecular weight is 289 g/mol. The van der Waals surface area contributed by atoms with Crippen LogP contribution < -0.4 is 5.32 Å². The second-order valence-corrected chi connectivity index (χ2v) is 5.89. The van der Waals surface area contributed by atoms with Gasteiger partial charge in [-0.15, -0.1) is 11.3 Å². The molecule has 1 heterocycles. The van der Waals surface area contributed by atoms with Gasteiger partial charge in [-0.2, -0.15) is 0 Å². The molecule has 0 saturated carbocycles. The van der Waals surface area contributed by atoms with Crippen LogP contribution in [0.3, 0.4) is 0 Å². The van der Waals surface area contributed by atoms with E-state index in [9.17, 15) is 15.0 Å². The number of benzene rings is 1. The first-order chi connectivity index (χ1) is 9.66. The van der Waals surface area contributed by atoms with E-state index in [-0.39, 0.29) is 23.1 Å². The summed E-state index contributed by atoms with van der Waals surface area (Å²) >= 11 is 1.71. The predicted octanol–water partition coefficient (Wildman–Crippen LogP) is 2.97. The molecule has 1 aliphatic rings. The van der Waals surface area contributed by atoms with Crippen molar-refractivity contribution in [1.82, 2.24) is 5.32 Å². The molecule has 104 valence electrons. The third kappa shape index (κ3) is 2.25. The number of hydrogen-bond donors (Lipinski definition) is 3. The Kier molecular flexibility index (Phi) is 3.36.